The van der Waals surface area contributed by atoms with Gasteiger partial charge in [0, 0.05) is 25.0 Å². The molecule has 166 valence electrons. The van der Waals surface area contributed by atoms with Crippen LogP contribution in [0.1, 0.15) is 31.4 Å². The van der Waals surface area contributed by atoms with E-state index in [9.17, 15) is 4.79 Å². The molecule has 4 aromatic rings. The van der Waals surface area contributed by atoms with Gasteiger partial charge in [-0.3, -0.25) is 9.47 Å². The van der Waals surface area contributed by atoms with Crippen LogP contribution in [0.4, 0.5) is 16.4 Å². The van der Waals surface area contributed by atoms with E-state index >= 15 is 0 Å². The number of hydrogen-bond donors (Lipinski definition) is 1. The fourth-order valence-electron chi connectivity index (χ4n) is 4.86. The minimum Gasteiger partial charge on any atom is -0.348 e. The number of amides is 2. The third-order valence-electron chi connectivity index (χ3n) is 6.62. The Balaban J connectivity index is 1.30. The van der Waals surface area contributed by atoms with Gasteiger partial charge in [-0.2, -0.15) is 4.98 Å². The van der Waals surface area contributed by atoms with E-state index < -0.39 is 0 Å². The molecule has 0 bridgehead atoms. The van der Waals surface area contributed by atoms with Crippen molar-refractivity contribution in [2.45, 2.75) is 31.8 Å². The van der Waals surface area contributed by atoms with Crippen LogP contribution in [0.3, 0.4) is 0 Å². The normalized spacial score (nSPS) is 18.7. The first-order valence-electron chi connectivity index (χ1n) is 11.4. The number of imidazole rings is 1. The molecule has 0 radical (unpaired) electrons. The lowest BCUT2D eigenvalue weighted by atomic mass is 10.1. The predicted molar refractivity (Wildman–Crippen MR) is 128 cm³/mol. The zero-order valence-corrected chi connectivity index (χ0v) is 18.4. The van der Waals surface area contributed by atoms with Crippen LogP contribution in [-0.2, 0) is 0 Å². The minimum atomic E-state index is 0.0724. The van der Waals surface area contributed by atoms with E-state index in [1.165, 1.54) is 5.56 Å². The number of fused-ring (bicyclic) bond motifs is 2. The largest absolute Gasteiger partial charge is 0.348 e. The van der Waals surface area contributed by atoms with Gasteiger partial charge in [0.1, 0.15) is 12.1 Å². The molecule has 0 aliphatic carbocycles. The number of anilines is 2. The third kappa shape index (κ3) is 3.47. The first-order chi connectivity index (χ1) is 16.2. The smallest absolute Gasteiger partial charge is 0.324 e. The van der Waals surface area contributed by atoms with E-state index in [1.807, 2.05) is 56.8 Å². The Morgan fingerprint density at radius 2 is 1.97 bits per heavy atom. The first-order valence-corrected chi connectivity index (χ1v) is 11.4. The summed E-state index contributed by atoms with van der Waals surface area (Å²) in [5.41, 5.74) is 3.83. The Labute approximate surface area is 191 Å². The van der Waals surface area contributed by atoms with Crippen LogP contribution in [0.5, 0.6) is 0 Å². The van der Waals surface area contributed by atoms with Crippen LogP contribution in [0.2, 0.25) is 0 Å². The summed E-state index contributed by atoms with van der Waals surface area (Å²) >= 11 is 0. The van der Waals surface area contributed by atoms with Crippen LogP contribution in [0.25, 0.3) is 16.9 Å². The molecule has 2 atom stereocenters. The molecule has 2 aromatic heterocycles. The predicted octanol–water partition coefficient (Wildman–Crippen LogP) is 4.39. The molecule has 8 heteroatoms. The van der Waals surface area contributed by atoms with E-state index in [-0.39, 0.29) is 12.1 Å². The topological polar surface area (TPSA) is 79.2 Å². The third-order valence-corrected chi connectivity index (χ3v) is 6.62. The highest BCUT2D eigenvalue weighted by Crippen LogP contribution is 2.32. The number of carbonyl (C=O) groups is 1. The van der Waals surface area contributed by atoms with Crippen molar-refractivity contribution in [2.75, 3.05) is 23.3 Å². The van der Waals surface area contributed by atoms with Crippen molar-refractivity contribution in [2.24, 2.45) is 0 Å². The lowest BCUT2D eigenvalue weighted by Crippen LogP contribution is -2.31. The Morgan fingerprint density at radius 3 is 2.82 bits per heavy atom. The molecule has 2 aliphatic rings. The second-order valence-corrected chi connectivity index (χ2v) is 8.69. The van der Waals surface area contributed by atoms with Crippen molar-refractivity contribution in [1.82, 2.24) is 24.4 Å². The first kappa shape index (κ1) is 19.7. The van der Waals surface area contributed by atoms with Gasteiger partial charge in [0.2, 0.25) is 5.95 Å². The number of nitrogens with zero attached hydrogens (tertiary/aromatic N) is 6. The summed E-state index contributed by atoms with van der Waals surface area (Å²) in [4.78, 5) is 30.4. The maximum absolute atomic E-state index is 12.9. The molecule has 2 saturated heterocycles. The molecule has 6 rings (SSSR count). The average molecular weight is 440 g/mol. The summed E-state index contributed by atoms with van der Waals surface area (Å²) in [5.74, 6) is 1.28. The second-order valence-electron chi connectivity index (χ2n) is 8.69. The Bertz CT molecular complexity index is 1320. The maximum Gasteiger partial charge on any atom is 0.324 e. The zero-order chi connectivity index (χ0) is 22.4. The Kier molecular flexibility index (Phi) is 4.71. The maximum atomic E-state index is 12.9. The van der Waals surface area contributed by atoms with E-state index in [4.69, 9.17) is 4.98 Å². The van der Waals surface area contributed by atoms with Crippen LogP contribution < -0.4 is 10.2 Å². The molecular formula is C25H25N7O. The lowest BCUT2D eigenvalue weighted by Gasteiger charge is -2.18. The van der Waals surface area contributed by atoms with Crippen molar-refractivity contribution >= 4 is 28.7 Å². The molecule has 33 heavy (non-hydrogen) atoms. The molecule has 2 fully saturated rings. The van der Waals surface area contributed by atoms with Crippen molar-refractivity contribution in [1.29, 1.82) is 0 Å². The summed E-state index contributed by atoms with van der Waals surface area (Å²) < 4.78 is 1.94. The Hall–Kier alpha value is -3.94. The fraction of sp³-hybridized carbons (Fsp3) is 0.280. The quantitative estimate of drug-likeness (QED) is 0.499. The van der Waals surface area contributed by atoms with Gasteiger partial charge in [-0.05, 0) is 49.6 Å². The molecule has 8 nitrogen and oxygen atoms in total. The number of benzene rings is 2. The number of rotatable bonds is 5. The molecule has 0 spiro atoms. The van der Waals surface area contributed by atoms with Crippen LogP contribution in [0.15, 0.2) is 67.1 Å². The van der Waals surface area contributed by atoms with Crippen molar-refractivity contribution in [3.8, 4) is 5.82 Å². The molecule has 2 aliphatic heterocycles. The lowest BCUT2D eigenvalue weighted by molar-refractivity contribution is 0.219. The van der Waals surface area contributed by atoms with Gasteiger partial charge in [-0.1, -0.05) is 30.3 Å². The van der Waals surface area contributed by atoms with Crippen molar-refractivity contribution in [3.63, 3.8) is 0 Å². The second kappa shape index (κ2) is 7.88. The number of hydrogen-bond acceptors (Lipinski definition) is 5. The van der Waals surface area contributed by atoms with E-state index in [0.29, 0.717) is 12.0 Å². The zero-order valence-electron chi connectivity index (χ0n) is 18.4. The monoisotopic (exact) mass is 439 g/mol. The van der Waals surface area contributed by atoms with Crippen molar-refractivity contribution < 1.29 is 4.79 Å². The van der Waals surface area contributed by atoms with Crippen LogP contribution in [-0.4, -0.2) is 49.6 Å². The molecule has 0 saturated carbocycles. The highest BCUT2D eigenvalue weighted by atomic mass is 16.2. The number of aromatic nitrogens is 4. The van der Waals surface area contributed by atoms with Crippen molar-refractivity contribution in [3.05, 3.63) is 72.7 Å². The molecule has 1 N–H and O–H groups in total. The number of nitrogens with one attached hydrogen (secondary N) is 1. The van der Waals surface area contributed by atoms with Gasteiger partial charge in [0.15, 0.2) is 0 Å². The number of urea groups is 1. The van der Waals surface area contributed by atoms with Crippen LogP contribution in [0, 0.1) is 0 Å². The van der Waals surface area contributed by atoms with Gasteiger partial charge in [-0.15, -0.1) is 0 Å². The van der Waals surface area contributed by atoms with Gasteiger partial charge in [0.25, 0.3) is 0 Å². The standard InChI is InChI=1S/C25H25N7O/c1-17(18-6-3-2-4-7-18)28-24-26-12-11-23(29-24)32-16-27-21-10-9-19(14-22(21)32)31-15-20-8-5-13-30(20)25(31)33/h2-4,6-7,9-12,14,16-17,20H,5,8,13,15H2,1H3,(H,26,28,29). The van der Waals surface area contributed by atoms with E-state index in [2.05, 4.69) is 34.3 Å². The molecule has 2 unspecified atom stereocenters. The summed E-state index contributed by atoms with van der Waals surface area (Å²) in [7, 11) is 0. The van der Waals surface area contributed by atoms with E-state index in [1.54, 1.807) is 12.5 Å². The Morgan fingerprint density at radius 1 is 1.09 bits per heavy atom. The summed E-state index contributed by atoms with van der Waals surface area (Å²) in [6, 6.07) is 18.6. The van der Waals surface area contributed by atoms with Gasteiger partial charge >= 0.3 is 6.03 Å². The summed E-state index contributed by atoms with van der Waals surface area (Å²) in [6.07, 6.45) is 5.70. The van der Waals surface area contributed by atoms with Gasteiger partial charge < -0.3 is 10.2 Å². The fourth-order valence-corrected chi connectivity index (χ4v) is 4.86. The average Bonchev–Trinajstić information content (AvgIpc) is 3.56. The molecule has 2 amide bonds. The van der Waals surface area contributed by atoms with E-state index in [0.717, 1.165) is 48.5 Å². The molecule has 2 aromatic carbocycles. The van der Waals surface area contributed by atoms with Gasteiger partial charge in [-0.25, -0.2) is 14.8 Å². The highest BCUT2D eigenvalue weighted by molar-refractivity contribution is 5.97. The SMILES string of the molecule is CC(Nc1nccc(-n2cnc3ccc(N4CC5CCCN5C4=O)cc32)n1)c1ccccc1. The van der Waals surface area contributed by atoms with Crippen LogP contribution >= 0.6 is 0 Å². The summed E-state index contributed by atoms with van der Waals surface area (Å²) in [6.45, 7) is 3.69. The molecule has 4 heterocycles. The molecular weight excluding hydrogens is 414 g/mol. The van der Waals surface area contributed by atoms with Gasteiger partial charge in [0.05, 0.1) is 23.1 Å². The highest BCUT2D eigenvalue weighted by Gasteiger charge is 2.40. The minimum absolute atomic E-state index is 0.0724. The summed E-state index contributed by atoms with van der Waals surface area (Å²) in [5, 5.41) is 3.38. The number of carbonyl (C=O) groups excluding carboxylic acids is 1.